The topological polar surface area (TPSA) is 96.9 Å². The summed E-state index contributed by atoms with van der Waals surface area (Å²) < 4.78 is 10.6. The molecule has 3 N–H and O–H groups in total. The molecule has 0 bridgehead atoms. The summed E-state index contributed by atoms with van der Waals surface area (Å²) in [5.74, 6) is 2.26. The van der Waals surface area contributed by atoms with Crippen molar-refractivity contribution in [2.24, 2.45) is 4.99 Å². The van der Waals surface area contributed by atoms with Crippen LogP contribution in [0.15, 0.2) is 41.4 Å². The molecule has 8 heteroatoms. The summed E-state index contributed by atoms with van der Waals surface area (Å²) in [6.45, 7) is 4.88. The van der Waals surface area contributed by atoms with Crippen LogP contribution in [0.3, 0.4) is 0 Å². The van der Waals surface area contributed by atoms with Gasteiger partial charge >= 0.3 is 0 Å². The van der Waals surface area contributed by atoms with Gasteiger partial charge < -0.3 is 25.4 Å². The van der Waals surface area contributed by atoms with Crippen molar-refractivity contribution in [3.05, 3.63) is 42.1 Å². The predicted octanol–water partition coefficient (Wildman–Crippen LogP) is 2.81. The van der Waals surface area contributed by atoms with Gasteiger partial charge in [0.05, 0.1) is 20.8 Å². The second-order valence-electron chi connectivity index (χ2n) is 5.92. The number of nitrogens with one attached hydrogen (secondary N) is 3. The summed E-state index contributed by atoms with van der Waals surface area (Å²) in [7, 11) is 3.18. The number of nitrogens with zero attached hydrogens (tertiary/aromatic N) is 2. The molecule has 0 saturated heterocycles. The number of rotatable bonds is 8. The van der Waals surface area contributed by atoms with Crippen molar-refractivity contribution in [1.82, 2.24) is 10.3 Å². The molecule has 0 fully saturated rings. The van der Waals surface area contributed by atoms with E-state index in [1.54, 1.807) is 20.3 Å². The number of methoxy groups -OCH3 is 2. The lowest BCUT2D eigenvalue weighted by Crippen LogP contribution is -2.31. The number of aliphatic imine (C=N–C) groups is 1. The van der Waals surface area contributed by atoms with Gasteiger partial charge in [0.1, 0.15) is 5.82 Å². The summed E-state index contributed by atoms with van der Waals surface area (Å²) in [4.78, 5) is 20.8. The van der Waals surface area contributed by atoms with Crippen molar-refractivity contribution in [3.8, 4) is 11.5 Å². The second-order valence-corrected chi connectivity index (χ2v) is 5.92. The molecule has 8 nitrogen and oxygen atoms in total. The highest BCUT2D eigenvalue weighted by atomic mass is 16.5. The van der Waals surface area contributed by atoms with E-state index in [0.29, 0.717) is 36.4 Å². The highest BCUT2D eigenvalue weighted by molar-refractivity contribution is 5.94. The fourth-order valence-electron chi connectivity index (χ4n) is 2.45. The van der Waals surface area contributed by atoms with Crippen molar-refractivity contribution in [1.29, 1.82) is 0 Å². The van der Waals surface area contributed by atoms with E-state index in [-0.39, 0.29) is 12.3 Å². The van der Waals surface area contributed by atoms with E-state index in [1.807, 2.05) is 44.2 Å². The van der Waals surface area contributed by atoms with Crippen molar-refractivity contribution in [2.75, 3.05) is 37.9 Å². The minimum absolute atomic E-state index is 0.135. The number of pyridine rings is 1. The molecule has 0 unspecified atom stereocenters. The molecule has 0 radical (unpaired) electrons. The van der Waals surface area contributed by atoms with Crippen LogP contribution in [-0.4, -0.2) is 44.2 Å². The molecule has 2 rings (SSSR count). The summed E-state index contributed by atoms with van der Waals surface area (Å²) in [6.07, 6.45) is 0.248. The number of carbonyl (C=O) groups excluding carboxylic acids is 1. The Balaban J connectivity index is 1.95. The lowest BCUT2D eigenvalue weighted by atomic mass is 10.2. The first kappa shape index (κ1) is 21.0. The normalized spacial score (nSPS) is 10.9. The Morgan fingerprint density at radius 2 is 1.89 bits per heavy atom. The number of aromatic nitrogens is 1. The summed E-state index contributed by atoms with van der Waals surface area (Å²) in [6, 6.07) is 11.0. The standard InChI is InChI=1S/C20H27N5O3/c1-5-21-20(24-15-9-10-16(27-3)17(13-15)28-4)22-12-11-19(26)25-18-8-6-7-14(2)23-18/h6-10,13H,5,11-12H2,1-4H3,(H2,21,22,24)(H,23,25,26). The zero-order valence-electron chi connectivity index (χ0n) is 16.7. The van der Waals surface area contributed by atoms with Crippen LogP contribution in [0.2, 0.25) is 0 Å². The van der Waals surface area contributed by atoms with Crippen LogP contribution in [-0.2, 0) is 4.79 Å². The number of guanidine groups is 1. The van der Waals surface area contributed by atoms with Gasteiger partial charge in [0.2, 0.25) is 5.91 Å². The molecule has 1 aromatic heterocycles. The minimum atomic E-state index is -0.135. The van der Waals surface area contributed by atoms with Crippen LogP contribution in [0.5, 0.6) is 11.5 Å². The number of hydrogen-bond acceptors (Lipinski definition) is 5. The molecule has 0 aliphatic carbocycles. The maximum atomic E-state index is 12.1. The van der Waals surface area contributed by atoms with E-state index in [0.717, 1.165) is 11.4 Å². The number of carbonyl (C=O) groups is 1. The Hall–Kier alpha value is -3.29. The van der Waals surface area contributed by atoms with Gasteiger partial charge in [-0.2, -0.15) is 0 Å². The Bertz CT molecular complexity index is 823. The van der Waals surface area contributed by atoms with Gasteiger partial charge in [-0.05, 0) is 38.1 Å². The van der Waals surface area contributed by atoms with Gasteiger partial charge in [0, 0.05) is 30.4 Å². The van der Waals surface area contributed by atoms with Crippen LogP contribution >= 0.6 is 0 Å². The summed E-state index contributed by atoms with van der Waals surface area (Å²) in [5, 5.41) is 9.12. The zero-order chi connectivity index (χ0) is 20.4. The van der Waals surface area contributed by atoms with Crippen LogP contribution < -0.4 is 25.4 Å². The van der Waals surface area contributed by atoms with Gasteiger partial charge in [-0.15, -0.1) is 0 Å². The van der Waals surface area contributed by atoms with Crippen LogP contribution in [0.25, 0.3) is 0 Å². The Kier molecular flexibility index (Phi) is 8.08. The largest absolute Gasteiger partial charge is 0.493 e. The van der Waals surface area contributed by atoms with Crippen LogP contribution in [0.1, 0.15) is 19.0 Å². The lowest BCUT2D eigenvalue weighted by Gasteiger charge is -2.13. The van der Waals surface area contributed by atoms with Crippen LogP contribution in [0, 0.1) is 6.92 Å². The smallest absolute Gasteiger partial charge is 0.227 e. The number of benzene rings is 1. The first-order valence-corrected chi connectivity index (χ1v) is 9.06. The third-order valence-corrected chi connectivity index (χ3v) is 3.76. The predicted molar refractivity (Wildman–Crippen MR) is 111 cm³/mol. The maximum Gasteiger partial charge on any atom is 0.227 e. The van der Waals surface area contributed by atoms with E-state index < -0.39 is 0 Å². The molecular weight excluding hydrogens is 358 g/mol. The first-order chi connectivity index (χ1) is 13.5. The number of hydrogen-bond donors (Lipinski definition) is 3. The average molecular weight is 385 g/mol. The van der Waals surface area contributed by atoms with Crippen LogP contribution in [0.4, 0.5) is 11.5 Å². The van der Waals surface area contributed by atoms with E-state index in [1.165, 1.54) is 0 Å². The molecule has 0 atom stereocenters. The Labute approximate surface area is 165 Å². The van der Waals surface area contributed by atoms with Gasteiger partial charge in [-0.3, -0.25) is 9.79 Å². The Morgan fingerprint density at radius 3 is 2.57 bits per heavy atom. The molecule has 150 valence electrons. The van der Waals surface area contributed by atoms with Gasteiger partial charge in [0.15, 0.2) is 17.5 Å². The molecule has 0 saturated carbocycles. The highest BCUT2D eigenvalue weighted by Crippen LogP contribution is 2.29. The zero-order valence-corrected chi connectivity index (χ0v) is 16.7. The number of amides is 1. The molecule has 2 aromatic rings. The molecule has 1 aromatic carbocycles. The highest BCUT2D eigenvalue weighted by Gasteiger charge is 2.07. The van der Waals surface area contributed by atoms with E-state index >= 15 is 0 Å². The summed E-state index contributed by atoms with van der Waals surface area (Å²) in [5.41, 5.74) is 1.65. The SMILES string of the molecule is CCNC(=NCCC(=O)Nc1cccc(C)n1)Nc1ccc(OC)c(OC)c1. The molecule has 0 aliphatic heterocycles. The summed E-state index contributed by atoms with van der Waals surface area (Å²) >= 11 is 0. The van der Waals surface area contributed by atoms with Crippen molar-refractivity contribution >= 4 is 23.4 Å². The maximum absolute atomic E-state index is 12.1. The molecule has 1 amide bonds. The minimum Gasteiger partial charge on any atom is -0.493 e. The van der Waals surface area contributed by atoms with Crippen molar-refractivity contribution in [2.45, 2.75) is 20.3 Å². The third-order valence-electron chi connectivity index (χ3n) is 3.76. The van der Waals surface area contributed by atoms with Crippen molar-refractivity contribution in [3.63, 3.8) is 0 Å². The van der Waals surface area contributed by atoms with Gasteiger partial charge in [-0.1, -0.05) is 6.07 Å². The molecule has 0 spiro atoms. The molecule has 0 aliphatic rings. The van der Waals surface area contributed by atoms with Gasteiger partial charge in [-0.25, -0.2) is 4.98 Å². The fourth-order valence-corrected chi connectivity index (χ4v) is 2.45. The molecular formula is C20H27N5O3. The quantitative estimate of drug-likeness (QED) is 0.478. The molecule has 28 heavy (non-hydrogen) atoms. The Morgan fingerprint density at radius 1 is 1.11 bits per heavy atom. The lowest BCUT2D eigenvalue weighted by molar-refractivity contribution is -0.116. The second kappa shape index (κ2) is 10.8. The third kappa shape index (κ3) is 6.46. The number of ether oxygens (including phenoxy) is 2. The monoisotopic (exact) mass is 385 g/mol. The average Bonchev–Trinajstić information content (AvgIpc) is 2.68. The van der Waals surface area contributed by atoms with E-state index in [2.05, 4.69) is 25.9 Å². The fraction of sp³-hybridized carbons (Fsp3) is 0.350. The first-order valence-electron chi connectivity index (χ1n) is 9.06. The number of anilines is 2. The number of aryl methyl sites for hydroxylation is 1. The van der Waals surface area contributed by atoms with Crippen molar-refractivity contribution < 1.29 is 14.3 Å². The van der Waals surface area contributed by atoms with E-state index in [4.69, 9.17) is 9.47 Å². The van der Waals surface area contributed by atoms with Gasteiger partial charge in [0.25, 0.3) is 0 Å². The van der Waals surface area contributed by atoms with E-state index in [9.17, 15) is 4.79 Å². The molecule has 1 heterocycles.